The minimum Gasteiger partial charge on any atom is -0.496 e. The minimum atomic E-state index is 0.185. The zero-order valence-corrected chi connectivity index (χ0v) is 11.3. The maximum Gasteiger partial charge on any atom is 0.112 e. The lowest BCUT2D eigenvalue weighted by molar-refractivity contribution is 0.213. The van der Waals surface area contributed by atoms with Crippen LogP contribution in [0.4, 0.5) is 0 Å². The SMILES string of the molecule is CCC1SCCSC1C(NN)C1=CCCO1. The van der Waals surface area contributed by atoms with Crippen molar-refractivity contribution in [2.24, 2.45) is 5.84 Å². The maximum absolute atomic E-state index is 5.71. The fourth-order valence-corrected chi connectivity index (χ4v) is 5.45. The standard InChI is InChI=1S/C11H20N2OS2/c1-2-9-11(16-7-6-15-9)10(13-12)8-4-3-5-14-8/h4,9-11,13H,2-3,5-7,12H2,1H3. The van der Waals surface area contributed by atoms with Gasteiger partial charge in [0, 0.05) is 28.4 Å². The molecular weight excluding hydrogens is 240 g/mol. The Morgan fingerprint density at radius 3 is 3.00 bits per heavy atom. The summed E-state index contributed by atoms with van der Waals surface area (Å²) in [6.45, 7) is 3.07. The smallest absolute Gasteiger partial charge is 0.112 e. The van der Waals surface area contributed by atoms with Crippen LogP contribution >= 0.6 is 23.5 Å². The van der Waals surface area contributed by atoms with Crippen LogP contribution in [-0.2, 0) is 4.74 Å². The van der Waals surface area contributed by atoms with Crippen LogP contribution in [-0.4, -0.2) is 34.7 Å². The van der Waals surface area contributed by atoms with Gasteiger partial charge in [-0.3, -0.25) is 5.84 Å². The average Bonchev–Trinajstić information content (AvgIpc) is 2.84. The number of hydrogen-bond acceptors (Lipinski definition) is 5. The Balaban J connectivity index is 2.06. The van der Waals surface area contributed by atoms with Gasteiger partial charge in [0.05, 0.1) is 12.6 Å². The summed E-state index contributed by atoms with van der Waals surface area (Å²) in [5.41, 5.74) is 2.95. The number of nitrogens with two attached hydrogens (primary N) is 1. The molecule has 3 unspecified atom stereocenters. The van der Waals surface area contributed by atoms with E-state index in [1.165, 1.54) is 17.9 Å². The van der Waals surface area contributed by atoms with E-state index in [9.17, 15) is 0 Å². The molecular formula is C11H20N2OS2. The summed E-state index contributed by atoms with van der Waals surface area (Å²) >= 11 is 4.11. The van der Waals surface area contributed by atoms with E-state index in [1.54, 1.807) is 0 Å². The van der Waals surface area contributed by atoms with E-state index in [1.807, 2.05) is 11.8 Å². The first-order chi connectivity index (χ1) is 7.86. The monoisotopic (exact) mass is 260 g/mol. The van der Waals surface area contributed by atoms with Gasteiger partial charge in [-0.15, -0.1) is 0 Å². The molecule has 0 amide bonds. The molecule has 0 aromatic rings. The van der Waals surface area contributed by atoms with E-state index in [0.717, 1.165) is 18.8 Å². The number of hydrazine groups is 1. The van der Waals surface area contributed by atoms with Crippen LogP contribution in [0.15, 0.2) is 11.8 Å². The molecule has 92 valence electrons. The van der Waals surface area contributed by atoms with Crippen LogP contribution < -0.4 is 11.3 Å². The second-order valence-corrected chi connectivity index (χ2v) is 6.67. The predicted molar refractivity (Wildman–Crippen MR) is 72.5 cm³/mol. The van der Waals surface area contributed by atoms with Gasteiger partial charge < -0.3 is 4.74 Å². The topological polar surface area (TPSA) is 47.3 Å². The summed E-state index contributed by atoms with van der Waals surface area (Å²) in [5.74, 6) is 9.24. The average molecular weight is 260 g/mol. The molecule has 0 aromatic heterocycles. The van der Waals surface area contributed by atoms with Crippen LogP contribution in [0.5, 0.6) is 0 Å². The lowest BCUT2D eigenvalue weighted by Crippen LogP contribution is -2.49. The highest BCUT2D eigenvalue weighted by atomic mass is 32.2. The highest BCUT2D eigenvalue weighted by Crippen LogP contribution is 2.37. The van der Waals surface area contributed by atoms with Crippen molar-refractivity contribution in [2.75, 3.05) is 18.1 Å². The molecule has 3 N–H and O–H groups in total. The van der Waals surface area contributed by atoms with Crippen molar-refractivity contribution in [2.45, 2.75) is 36.3 Å². The predicted octanol–water partition coefficient (Wildman–Crippen LogP) is 1.75. The summed E-state index contributed by atoms with van der Waals surface area (Å²) in [6, 6.07) is 0.185. The molecule has 2 heterocycles. The molecule has 1 fully saturated rings. The molecule has 0 radical (unpaired) electrons. The molecule has 5 heteroatoms. The zero-order chi connectivity index (χ0) is 11.4. The van der Waals surface area contributed by atoms with Crippen molar-refractivity contribution < 1.29 is 4.74 Å². The van der Waals surface area contributed by atoms with Gasteiger partial charge in [0.2, 0.25) is 0 Å². The van der Waals surface area contributed by atoms with E-state index in [-0.39, 0.29) is 6.04 Å². The van der Waals surface area contributed by atoms with Crippen LogP contribution in [0, 0.1) is 0 Å². The molecule has 2 aliphatic rings. The molecule has 0 aromatic carbocycles. The number of nitrogens with one attached hydrogen (secondary N) is 1. The Labute approximate surface area is 106 Å². The molecule has 3 atom stereocenters. The van der Waals surface area contributed by atoms with Gasteiger partial charge in [0.1, 0.15) is 5.76 Å². The largest absolute Gasteiger partial charge is 0.496 e. The van der Waals surface area contributed by atoms with Crippen LogP contribution in [0.1, 0.15) is 19.8 Å². The maximum atomic E-state index is 5.71. The summed E-state index contributed by atoms with van der Waals surface area (Å²) in [4.78, 5) is 0. The highest BCUT2D eigenvalue weighted by molar-refractivity contribution is 8.07. The quantitative estimate of drug-likeness (QED) is 0.596. The summed E-state index contributed by atoms with van der Waals surface area (Å²) in [7, 11) is 0. The van der Waals surface area contributed by atoms with Crippen LogP contribution in [0.25, 0.3) is 0 Å². The van der Waals surface area contributed by atoms with Gasteiger partial charge in [0.15, 0.2) is 0 Å². The molecule has 1 saturated heterocycles. The van der Waals surface area contributed by atoms with Gasteiger partial charge in [-0.1, -0.05) is 6.92 Å². The third kappa shape index (κ3) is 2.70. The Kier molecular flexibility index (Phi) is 4.88. The fourth-order valence-electron chi connectivity index (χ4n) is 2.24. The number of thioether (sulfide) groups is 2. The molecule has 2 aliphatic heterocycles. The molecule has 16 heavy (non-hydrogen) atoms. The van der Waals surface area contributed by atoms with Gasteiger partial charge in [0.25, 0.3) is 0 Å². The lowest BCUT2D eigenvalue weighted by Gasteiger charge is -2.35. The van der Waals surface area contributed by atoms with E-state index in [2.05, 4.69) is 30.2 Å². The van der Waals surface area contributed by atoms with Gasteiger partial charge in [-0.2, -0.15) is 23.5 Å². The van der Waals surface area contributed by atoms with Crippen molar-refractivity contribution in [1.82, 2.24) is 5.43 Å². The van der Waals surface area contributed by atoms with E-state index < -0.39 is 0 Å². The molecule has 3 nitrogen and oxygen atoms in total. The van der Waals surface area contributed by atoms with Gasteiger partial charge in [-0.05, 0) is 12.5 Å². The van der Waals surface area contributed by atoms with Crippen LogP contribution in [0.2, 0.25) is 0 Å². The Hall–Kier alpha value is 0.160. The van der Waals surface area contributed by atoms with E-state index in [4.69, 9.17) is 10.6 Å². The second-order valence-electron chi connectivity index (χ2n) is 4.04. The third-order valence-corrected chi connectivity index (χ3v) is 6.39. The summed E-state index contributed by atoms with van der Waals surface area (Å²) < 4.78 is 5.65. The molecule has 0 bridgehead atoms. The molecule has 0 aliphatic carbocycles. The minimum absolute atomic E-state index is 0.185. The first-order valence-corrected chi connectivity index (χ1v) is 7.98. The summed E-state index contributed by atoms with van der Waals surface area (Å²) in [5, 5.41) is 1.22. The van der Waals surface area contributed by atoms with Crippen LogP contribution in [0.3, 0.4) is 0 Å². The number of rotatable bonds is 4. The van der Waals surface area contributed by atoms with E-state index >= 15 is 0 Å². The first kappa shape index (κ1) is 12.6. The van der Waals surface area contributed by atoms with Crippen molar-refractivity contribution in [3.8, 4) is 0 Å². The Morgan fingerprint density at radius 2 is 2.38 bits per heavy atom. The molecule has 0 spiro atoms. The second kappa shape index (κ2) is 6.19. The molecule has 2 rings (SSSR count). The van der Waals surface area contributed by atoms with Crippen molar-refractivity contribution in [3.63, 3.8) is 0 Å². The Morgan fingerprint density at radius 1 is 1.56 bits per heavy atom. The fraction of sp³-hybridized carbons (Fsp3) is 0.818. The summed E-state index contributed by atoms with van der Waals surface area (Å²) in [6.07, 6.45) is 4.40. The number of hydrogen-bond donors (Lipinski definition) is 2. The van der Waals surface area contributed by atoms with Crippen molar-refractivity contribution >= 4 is 23.5 Å². The lowest BCUT2D eigenvalue weighted by atomic mass is 10.1. The Bertz CT molecular complexity index is 260. The van der Waals surface area contributed by atoms with Crippen molar-refractivity contribution in [1.29, 1.82) is 0 Å². The van der Waals surface area contributed by atoms with Gasteiger partial charge >= 0.3 is 0 Å². The first-order valence-electron chi connectivity index (χ1n) is 5.89. The zero-order valence-electron chi connectivity index (χ0n) is 9.65. The third-order valence-electron chi connectivity index (χ3n) is 3.04. The normalized spacial score (nSPS) is 32.0. The highest BCUT2D eigenvalue weighted by Gasteiger charge is 2.35. The van der Waals surface area contributed by atoms with Crippen molar-refractivity contribution in [3.05, 3.63) is 11.8 Å². The molecule has 0 saturated carbocycles. The number of ether oxygens (including phenoxy) is 1. The van der Waals surface area contributed by atoms with Gasteiger partial charge in [-0.25, -0.2) is 5.43 Å². The van der Waals surface area contributed by atoms with E-state index in [0.29, 0.717) is 10.5 Å².